The lowest BCUT2D eigenvalue weighted by Gasteiger charge is -1.85. The molecule has 0 amide bonds. The van der Waals surface area contributed by atoms with Crippen LogP contribution in [0, 0.1) is 0 Å². The fourth-order valence-electron chi connectivity index (χ4n) is 0.695. The SMILES string of the molecule is C=CC=C(O)O.C=Cc1ccccc1. The van der Waals surface area contributed by atoms with Crippen LogP contribution in [-0.2, 0) is 0 Å². The summed E-state index contributed by atoms with van der Waals surface area (Å²) in [5, 5.41) is 15.8. The van der Waals surface area contributed by atoms with E-state index < -0.39 is 5.95 Å². The van der Waals surface area contributed by atoms with Crippen molar-refractivity contribution in [3.8, 4) is 0 Å². The summed E-state index contributed by atoms with van der Waals surface area (Å²) >= 11 is 0. The average molecular weight is 190 g/mol. The zero-order chi connectivity index (χ0) is 10.8. The standard InChI is InChI=1S/C8H8.C4H6O2/c1-2-8-6-4-3-5-7-8;1-2-3-4(5)6/h2-7H,1H2;2-3,5-6H,1H2. The van der Waals surface area contributed by atoms with Crippen LogP contribution in [0.15, 0.2) is 61.6 Å². The van der Waals surface area contributed by atoms with Crippen LogP contribution in [-0.4, -0.2) is 10.2 Å². The van der Waals surface area contributed by atoms with Crippen molar-refractivity contribution in [1.82, 2.24) is 0 Å². The van der Waals surface area contributed by atoms with E-state index in [1.165, 1.54) is 11.6 Å². The van der Waals surface area contributed by atoms with Crippen LogP contribution in [0.5, 0.6) is 0 Å². The summed E-state index contributed by atoms with van der Waals surface area (Å²) in [6, 6.07) is 10.0. The van der Waals surface area contributed by atoms with Crippen molar-refractivity contribution in [2.45, 2.75) is 0 Å². The van der Waals surface area contributed by atoms with Crippen LogP contribution in [0.1, 0.15) is 5.56 Å². The highest BCUT2D eigenvalue weighted by Crippen LogP contribution is 1.97. The van der Waals surface area contributed by atoms with Gasteiger partial charge in [0.25, 0.3) is 5.95 Å². The molecular weight excluding hydrogens is 176 g/mol. The molecule has 0 aliphatic carbocycles. The van der Waals surface area contributed by atoms with E-state index in [9.17, 15) is 0 Å². The molecule has 0 saturated carbocycles. The van der Waals surface area contributed by atoms with Crippen LogP contribution in [0.25, 0.3) is 6.08 Å². The van der Waals surface area contributed by atoms with Gasteiger partial charge in [-0.1, -0.05) is 55.6 Å². The Labute approximate surface area is 84.1 Å². The van der Waals surface area contributed by atoms with Gasteiger partial charge in [-0.05, 0) is 5.56 Å². The van der Waals surface area contributed by atoms with Crippen molar-refractivity contribution in [3.05, 3.63) is 67.2 Å². The van der Waals surface area contributed by atoms with Crippen molar-refractivity contribution >= 4 is 6.08 Å². The molecule has 2 N–H and O–H groups in total. The third-order valence-corrected chi connectivity index (χ3v) is 1.30. The first-order valence-corrected chi connectivity index (χ1v) is 4.09. The van der Waals surface area contributed by atoms with Gasteiger partial charge in [0.2, 0.25) is 0 Å². The molecule has 1 aromatic rings. The molecule has 1 rings (SSSR count). The van der Waals surface area contributed by atoms with Crippen LogP contribution in [0.3, 0.4) is 0 Å². The molecule has 2 heteroatoms. The molecule has 0 aliphatic rings. The second-order valence-corrected chi connectivity index (χ2v) is 2.38. The summed E-state index contributed by atoms with van der Waals surface area (Å²) in [7, 11) is 0. The van der Waals surface area contributed by atoms with E-state index in [0.717, 1.165) is 6.08 Å². The molecule has 0 aromatic heterocycles. The largest absolute Gasteiger partial charge is 0.481 e. The van der Waals surface area contributed by atoms with Gasteiger partial charge in [0.1, 0.15) is 0 Å². The third kappa shape index (κ3) is 6.73. The first kappa shape index (κ1) is 12.0. The Bertz CT molecular complexity index is 295. The van der Waals surface area contributed by atoms with E-state index in [4.69, 9.17) is 10.2 Å². The molecule has 0 aliphatic heterocycles. The van der Waals surface area contributed by atoms with Gasteiger partial charge in [-0.25, -0.2) is 0 Å². The van der Waals surface area contributed by atoms with Gasteiger partial charge in [-0.3, -0.25) is 0 Å². The minimum absolute atomic E-state index is 0.704. The van der Waals surface area contributed by atoms with Crippen LogP contribution in [0.2, 0.25) is 0 Å². The van der Waals surface area contributed by atoms with Gasteiger partial charge >= 0.3 is 0 Å². The number of aliphatic hydroxyl groups excluding tert-OH is 1. The van der Waals surface area contributed by atoms with Gasteiger partial charge in [-0.15, -0.1) is 0 Å². The van der Waals surface area contributed by atoms with E-state index in [1.807, 2.05) is 36.4 Å². The molecule has 0 saturated heterocycles. The maximum Gasteiger partial charge on any atom is 0.274 e. The summed E-state index contributed by atoms with van der Waals surface area (Å²) in [4.78, 5) is 0. The zero-order valence-corrected chi connectivity index (χ0v) is 7.93. The quantitative estimate of drug-likeness (QED) is 0.553. The van der Waals surface area contributed by atoms with Gasteiger partial charge in [0, 0.05) is 6.08 Å². The third-order valence-electron chi connectivity index (χ3n) is 1.30. The Morgan fingerprint density at radius 3 is 1.86 bits per heavy atom. The number of allylic oxidation sites excluding steroid dienone is 2. The van der Waals surface area contributed by atoms with E-state index in [2.05, 4.69) is 13.2 Å². The predicted molar refractivity (Wildman–Crippen MR) is 60.1 cm³/mol. The number of aliphatic hydroxyl groups is 2. The second kappa shape index (κ2) is 7.68. The Morgan fingerprint density at radius 1 is 1.07 bits per heavy atom. The lowest BCUT2D eigenvalue weighted by Crippen LogP contribution is -1.69. The van der Waals surface area contributed by atoms with E-state index in [-0.39, 0.29) is 0 Å². The fourth-order valence-corrected chi connectivity index (χ4v) is 0.695. The number of rotatable bonds is 2. The molecule has 2 nitrogen and oxygen atoms in total. The first-order chi connectivity index (χ1) is 6.70. The zero-order valence-electron chi connectivity index (χ0n) is 7.93. The summed E-state index contributed by atoms with van der Waals surface area (Å²) in [5.74, 6) is -0.704. The van der Waals surface area contributed by atoms with Gasteiger partial charge < -0.3 is 10.2 Å². The number of hydrogen-bond acceptors (Lipinski definition) is 2. The molecular formula is C12H14O2. The highest BCUT2D eigenvalue weighted by Gasteiger charge is 1.75. The molecule has 14 heavy (non-hydrogen) atoms. The van der Waals surface area contributed by atoms with Crippen molar-refractivity contribution in [2.24, 2.45) is 0 Å². The Balaban J connectivity index is 0.000000255. The molecule has 0 bridgehead atoms. The maximum atomic E-state index is 7.90. The topological polar surface area (TPSA) is 40.5 Å². The minimum Gasteiger partial charge on any atom is -0.481 e. The highest BCUT2D eigenvalue weighted by molar-refractivity contribution is 5.45. The normalized spacial score (nSPS) is 7.71. The molecule has 0 radical (unpaired) electrons. The maximum absolute atomic E-state index is 7.90. The monoisotopic (exact) mass is 190 g/mol. The first-order valence-electron chi connectivity index (χ1n) is 4.09. The Hall–Kier alpha value is -1.96. The lowest BCUT2D eigenvalue weighted by molar-refractivity contribution is 0.191. The van der Waals surface area contributed by atoms with Crippen LogP contribution >= 0.6 is 0 Å². The average Bonchev–Trinajstić information content (AvgIpc) is 2.20. The molecule has 74 valence electrons. The van der Waals surface area contributed by atoms with E-state index in [1.54, 1.807) is 0 Å². The molecule has 0 heterocycles. The van der Waals surface area contributed by atoms with Crippen molar-refractivity contribution in [3.63, 3.8) is 0 Å². The number of hydrogen-bond donors (Lipinski definition) is 2. The lowest BCUT2D eigenvalue weighted by atomic mass is 10.2. The highest BCUT2D eigenvalue weighted by atomic mass is 16.5. The fraction of sp³-hybridized carbons (Fsp3) is 0. The van der Waals surface area contributed by atoms with E-state index >= 15 is 0 Å². The smallest absolute Gasteiger partial charge is 0.274 e. The molecule has 1 aromatic carbocycles. The summed E-state index contributed by atoms with van der Waals surface area (Å²) in [6.07, 6.45) is 4.20. The van der Waals surface area contributed by atoms with E-state index in [0.29, 0.717) is 0 Å². The predicted octanol–water partition coefficient (Wildman–Crippen LogP) is 3.46. The Morgan fingerprint density at radius 2 is 1.64 bits per heavy atom. The summed E-state index contributed by atoms with van der Waals surface area (Å²) in [5.41, 5.74) is 1.17. The molecule has 0 atom stereocenters. The van der Waals surface area contributed by atoms with Gasteiger partial charge in [-0.2, -0.15) is 0 Å². The Kier molecular flexibility index (Phi) is 6.60. The van der Waals surface area contributed by atoms with Gasteiger partial charge in [0.05, 0.1) is 0 Å². The van der Waals surface area contributed by atoms with Crippen LogP contribution < -0.4 is 0 Å². The second-order valence-electron chi connectivity index (χ2n) is 2.38. The molecule has 0 unspecified atom stereocenters. The summed E-state index contributed by atoms with van der Waals surface area (Å²) < 4.78 is 0. The van der Waals surface area contributed by atoms with Crippen molar-refractivity contribution in [1.29, 1.82) is 0 Å². The van der Waals surface area contributed by atoms with Gasteiger partial charge in [0.15, 0.2) is 0 Å². The minimum atomic E-state index is -0.704. The summed E-state index contributed by atoms with van der Waals surface area (Å²) in [6.45, 7) is 6.84. The van der Waals surface area contributed by atoms with Crippen molar-refractivity contribution in [2.75, 3.05) is 0 Å². The van der Waals surface area contributed by atoms with Crippen molar-refractivity contribution < 1.29 is 10.2 Å². The number of benzene rings is 1. The van der Waals surface area contributed by atoms with Crippen LogP contribution in [0.4, 0.5) is 0 Å². The molecule has 0 fully saturated rings. The molecule has 0 spiro atoms.